The van der Waals surface area contributed by atoms with E-state index in [4.69, 9.17) is 15.2 Å². The largest absolute Gasteiger partial charge is 0.482 e. The Labute approximate surface area is 118 Å². The lowest BCUT2D eigenvalue weighted by molar-refractivity contribution is -0.145. The number of esters is 1. The van der Waals surface area contributed by atoms with E-state index >= 15 is 0 Å². The van der Waals surface area contributed by atoms with Crippen LogP contribution in [-0.4, -0.2) is 31.6 Å². The third-order valence-corrected chi connectivity index (χ3v) is 2.56. The van der Waals surface area contributed by atoms with Gasteiger partial charge in [0.2, 0.25) is 5.91 Å². The van der Waals surface area contributed by atoms with Gasteiger partial charge in [0.15, 0.2) is 6.61 Å². The fourth-order valence-corrected chi connectivity index (χ4v) is 1.38. The molecule has 1 rings (SSSR count). The minimum atomic E-state index is -0.432. The molecule has 1 aromatic rings. The number of carbonyl (C=O) groups is 2. The van der Waals surface area contributed by atoms with Crippen LogP contribution in [0.25, 0.3) is 0 Å². The number of carbonyl (C=O) groups excluding carboxylic acids is 2. The Kier molecular flexibility index (Phi) is 6.52. The molecular formula is C14H20N2O4. The second-order valence-electron chi connectivity index (χ2n) is 4.25. The van der Waals surface area contributed by atoms with Crippen LogP contribution in [0.5, 0.6) is 5.75 Å². The third kappa shape index (κ3) is 5.27. The molecule has 3 N–H and O–H groups in total. The lowest BCUT2D eigenvalue weighted by atomic mass is 10.1. The minimum absolute atomic E-state index is 0.157. The van der Waals surface area contributed by atoms with E-state index in [9.17, 15) is 9.59 Å². The second kappa shape index (κ2) is 8.16. The van der Waals surface area contributed by atoms with E-state index in [1.54, 1.807) is 38.1 Å². The summed E-state index contributed by atoms with van der Waals surface area (Å²) >= 11 is 0. The predicted molar refractivity (Wildman–Crippen MR) is 75.4 cm³/mol. The number of amides is 1. The molecular weight excluding hydrogens is 260 g/mol. The van der Waals surface area contributed by atoms with Crippen LogP contribution in [-0.2, 0) is 14.3 Å². The van der Waals surface area contributed by atoms with Gasteiger partial charge in [-0.25, -0.2) is 4.79 Å². The van der Waals surface area contributed by atoms with Crippen molar-refractivity contribution in [2.75, 3.05) is 25.1 Å². The molecule has 0 fully saturated rings. The van der Waals surface area contributed by atoms with Crippen LogP contribution in [0.2, 0.25) is 0 Å². The smallest absolute Gasteiger partial charge is 0.344 e. The second-order valence-corrected chi connectivity index (χ2v) is 4.25. The Morgan fingerprint density at radius 2 is 2.15 bits per heavy atom. The topological polar surface area (TPSA) is 90.6 Å². The van der Waals surface area contributed by atoms with E-state index in [0.29, 0.717) is 18.0 Å². The highest BCUT2D eigenvalue weighted by atomic mass is 16.6. The van der Waals surface area contributed by atoms with Gasteiger partial charge in [-0.15, -0.1) is 0 Å². The molecule has 0 spiro atoms. The van der Waals surface area contributed by atoms with E-state index in [-0.39, 0.29) is 25.0 Å². The molecule has 0 aliphatic heterocycles. The molecule has 0 heterocycles. The Morgan fingerprint density at radius 3 is 2.80 bits per heavy atom. The standard InChI is InChI=1S/C14H20N2O4/c1-3-19-13(17)9-20-12-6-4-5-11(7-12)16-14(18)10(2)8-15/h4-7,10H,3,8-9,15H2,1-2H3,(H,16,18). The van der Waals surface area contributed by atoms with Gasteiger partial charge >= 0.3 is 5.97 Å². The number of ether oxygens (including phenoxy) is 2. The first-order chi connectivity index (χ1) is 9.56. The van der Waals surface area contributed by atoms with Crippen molar-refractivity contribution in [3.05, 3.63) is 24.3 Å². The van der Waals surface area contributed by atoms with Crippen LogP contribution in [0.4, 0.5) is 5.69 Å². The third-order valence-electron chi connectivity index (χ3n) is 2.56. The first-order valence-corrected chi connectivity index (χ1v) is 6.46. The molecule has 1 atom stereocenters. The van der Waals surface area contributed by atoms with Crippen LogP contribution in [0.15, 0.2) is 24.3 Å². The summed E-state index contributed by atoms with van der Waals surface area (Å²) in [7, 11) is 0. The molecule has 1 amide bonds. The van der Waals surface area contributed by atoms with E-state index in [2.05, 4.69) is 5.32 Å². The number of anilines is 1. The van der Waals surface area contributed by atoms with Gasteiger partial charge in [-0.2, -0.15) is 0 Å². The zero-order valence-corrected chi connectivity index (χ0v) is 11.7. The molecule has 6 nitrogen and oxygen atoms in total. The fourth-order valence-electron chi connectivity index (χ4n) is 1.38. The maximum atomic E-state index is 11.7. The molecule has 1 unspecified atom stereocenters. The Bertz CT molecular complexity index is 462. The van der Waals surface area contributed by atoms with Crippen molar-refractivity contribution in [2.24, 2.45) is 11.7 Å². The molecule has 0 bridgehead atoms. The number of nitrogens with two attached hydrogens (primary N) is 1. The Morgan fingerprint density at radius 1 is 1.40 bits per heavy atom. The van der Waals surface area contributed by atoms with Crippen molar-refractivity contribution >= 4 is 17.6 Å². The average molecular weight is 280 g/mol. The molecule has 0 aliphatic rings. The van der Waals surface area contributed by atoms with Gasteiger partial charge in [-0.05, 0) is 19.1 Å². The van der Waals surface area contributed by atoms with Gasteiger partial charge in [0.1, 0.15) is 5.75 Å². The minimum Gasteiger partial charge on any atom is -0.482 e. The normalized spacial score (nSPS) is 11.6. The highest BCUT2D eigenvalue weighted by molar-refractivity contribution is 5.92. The fraction of sp³-hybridized carbons (Fsp3) is 0.429. The van der Waals surface area contributed by atoms with Crippen molar-refractivity contribution in [3.8, 4) is 5.75 Å². The monoisotopic (exact) mass is 280 g/mol. The van der Waals surface area contributed by atoms with E-state index < -0.39 is 5.97 Å². The highest BCUT2D eigenvalue weighted by Crippen LogP contribution is 2.18. The van der Waals surface area contributed by atoms with Crippen molar-refractivity contribution < 1.29 is 19.1 Å². The predicted octanol–water partition coefficient (Wildman–Crippen LogP) is 1.16. The first-order valence-electron chi connectivity index (χ1n) is 6.46. The summed E-state index contributed by atoms with van der Waals surface area (Å²) in [6.45, 7) is 3.91. The summed E-state index contributed by atoms with van der Waals surface area (Å²) in [6, 6.07) is 6.79. The molecule has 20 heavy (non-hydrogen) atoms. The number of hydrogen-bond acceptors (Lipinski definition) is 5. The number of nitrogens with one attached hydrogen (secondary N) is 1. The van der Waals surface area contributed by atoms with Crippen molar-refractivity contribution in [1.29, 1.82) is 0 Å². The maximum absolute atomic E-state index is 11.7. The molecule has 0 saturated heterocycles. The molecule has 6 heteroatoms. The number of hydrogen-bond donors (Lipinski definition) is 2. The summed E-state index contributed by atoms with van der Waals surface area (Å²) in [5.74, 6) is -0.371. The van der Waals surface area contributed by atoms with E-state index in [1.165, 1.54) is 0 Å². The zero-order chi connectivity index (χ0) is 15.0. The SMILES string of the molecule is CCOC(=O)COc1cccc(NC(=O)C(C)CN)c1. The van der Waals surface area contributed by atoms with Gasteiger partial charge in [-0.3, -0.25) is 4.79 Å². The maximum Gasteiger partial charge on any atom is 0.344 e. The van der Waals surface area contributed by atoms with Crippen LogP contribution in [0, 0.1) is 5.92 Å². The van der Waals surface area contributed by atoms with Gasteiger partial charge in [0.25, 0.3) is 0 Å². The lowest BCUT2D eigenvalue weighted by Crippen LogP contribution is -2.26. The van der Waals surface area contributed by atoms with Crippen molar-refractivity contribution in [1.82, 2.24) is 0 Å². The summed E-state index contributed by atoms with van der Waals surface area (Å²) in [6.07, 6.45) is 0. The molecule has 0 aromatic heterocycles. The Balaban J connectivity index is 2.57. The van der Waals surface area contributed by atoms with Crippen molar-refractivity contribution in [3.63, 3.8) is 0 Å². The average Bonchev–Trinajstić information content (AvgIpc) is 2.45. The molecule has 110 valence electrons. The Hall–Kier alpha value is -2.08. The van der Waals surface area contributed by atoms with Crippen LogP contribution >= 0.6 is 0 Å². The molecule has 1 aromatic carbocycles. The van der Waals surface area contributed by atoms with E-state index in [0.717, 1.165) is 0 Å². The summed E-state index contributed by atoms with van der Waals surface area (Å²) in [5, 5.41) is 2.73. The molecule has 0 aliphatic carbocycles. The van der Waals surface area contributed by atoms with Gasteiger partial charge in [0, 0.05) is 24.2 Å². The van der Waals surface area contributed by atoms with Crippen LogP contribution in [0.3, 0.4) is 0 Å². The summed E-state index contributed by atoms with van der Waals surface area (Å²) in [4.78, 5) is 22.9. The summed E-state index contributed by atoms with van der Waals surface area (Å²) in [5.41, 5.74) is 6.02. The highest BCUT2D eigenvalue weighted by Gasteiger charge is 2.11. The van der Waals surface area contributed by atoms with Crippen LogP contribution in [0.1, 0.15) is 13.8 Å². The zero-order valence-electron chi connectivity index (χ0n) is 11.7. The quantitative estimate of drug-likeness (QED) is 0.731. The van der Waals surface area contributed by atoms with Gasteiger partial charge < -0.3 is 20.5 Å². The van der Waals surface area contributed by atoms with Crippen LogP contribution < -0.4 is 15.8 Å². The van der Waals surface area contributed by atoms with Crippen molar-refractivity contribution in [2.45, 2.75) is 13.8 Å². The lowest BCUT2D eigenvalue weighted by Gasteiger charge is -2.11. The number of benzene rings is 1. The van der Waals surface area contributed by atoms with Gasteiger partial charge in [-0.1, -0.05) is 13.0 Å². The molecule has 0 radical (unpaired) electrons. The summed E-state index contributed by atoms with van der Waals surface area (Å²) < 4.78 is 10.0. The number of rotatable bonds is 7. The van der Waals surface area contributed by atoms with E-state index in [1.807, 2.05) is 0 Å². The van der Waals surface area contributed by atoms with Gasteiger partial charge in [0.05, 0.1) is 6.61 Å². The molecule has 0 saturated carbocycles. The first kappa shape index (κ1) is 16.0.